The summed E-state index contributed by atoms with van der Waals surface area (Å²) in [5, 5.41) is 84.3. The van der Waals surface area contributed by atoms with E-state index in [1.807, 2.05) is 0 Å². The summed E-state index contributed by atoms with van der Waals surface area (Å²) in [4.78, 5) is 129. The van der Waals surface area contributed by atoms with Crippen LogP contribution >= 0.6 is 0 Å². The van der Waals surface area contributed by atoms with Crippen molar-refractivity contribution in [2.75, 3.05) is 0 Å². The Bertz CT molecular complexity index is 1140. The third-order valence-electron chi connectivity index (χ3n) is 8.10. The quantitative estimate of drug-likeness (QED) is 0.0811. The zero-order valence-corrected chi connectivity index (χ0v) is 33.9. The van der Waals surface area contributed by atoms with Crippen molar-refractivity contribution in [2.45, 2.75) is 107 Å². The third-order valence-corrected chi connectivity index (χ3v) is 8.10. The molecule has 0 bridgehead atoms. The summed E-state index contributed by atoms with van der Waals surface area (Å²) in [5.74, 6) is -18.8. The zero-order valence-electron chi connectivity index (χ0n) is 30.8. The van der Waals surface area contributed by atoms with Crippen molar-refractivity contribution >= 4 is 70.9 Å². The Hall–Kier alpha value is -4.13. The van der Waals surface area contributed by atoms with Gasteiger partial charge >= 0.3 is 43.4 Å². The van der Waals surface area contributed by atoms with Crippen LogP contribution in [-0.2, 0) is 101 Å². The standard InChI is InChI=1S/4C8H12O5.2Ti/c4*1-3-5(9)8(4-2,6(10)11)7(12)13;;/h4*3-4H2,1-2H3,(H,10,11)(H,12,13);;/q;;;;2*+4/p-8. The van der Waals surface area contributed by atoms with Crippen molar-refractivity contribution < 1.29 is 142 Å². The number of hydrogen-bond donors (Lipinski definition) is 0. The second-order valence-electron chi connectivity index (χ2n) is 10.4. The van der Waals surface area contributed by atoms with Crippen molar-refractivity contribution in [3.05, 3.63) is 0 Å². The molecule has 20 nitrogen and oxygen atoms in total. The normalized spacial score (nSPS) is 10.5. The molecule has 22 heteroatoms. The van der Waals surface area contributed by atoms with Crippen LogP contribution in [0, 0.1) is 21.7 Å². The van der Waals surface area contributed by atoms with Gasteiger partial charge in [-0.2, -0.15) is 0 Å². The molecule has 0 N–H and O–H groups in total. The molecule has 0 aromatic heterocycles. The molecule has 0 rings (SSSR count). The van der Waals surface area contributed by atoms with Gasteiger partial charge in [0.25, 0.3) is 0 Å². The molecule has 0 radical (unpaired) electrons. The molecule has 0 amide bonds. The Kier molecular flexibility index (Phi) is 31.5. The van der Waals surface area contributed by atoms with Gasteiger partial charge in [-0.15, -0.1) is 0 Å². The Balaban J connectivity index is -0.000000140. The second kappa shape index (κ2) is 27.5. The van der Waals surface area contributed by atoms with E-state index >= 15 is 0 Å². The number of carbonyl (C=O) groups excluding carboxylic acids is 12. The molecule has 0 fully saturated rings. The fourth-order valence-corrected chi connectivity index (χ4v) is 4.39. The third kappa shape index (κ3) is 13.6. The van der Waals surface area contributed by atoms with Crippen molar-refractivity contribution in [2.24, 2.45) is 21.7 Å². The number of ketones is 4. The summed E-state index contributed by atoms with van der Waals surface area (Å²) in [6.45, 7) is 10.7. The summed E-state index contributed by atoms with van der Waals surface area (Å²) in [6, 6.07) is 0. The van der Waals surface area contributed by atoms with E-state index in [0.717, 1.165) is 0 Å². The van der Waals surface area contributed by atoms with Gasteiger partial charge in [0.15, 0.2) is 0 Å². The first-order valence-corrected chi connectivity index (χ1v) is 15.6. The molecule has 0 saturated heterocycles. The van der Waals surface area contributed by atoms with E-state index in [4.69, 9.17) is 0 Å². The fraction of sp³-hybridized carbons (Fsp3) is 0.625. The number of carbonyl (C=O) groups is 12. The maximum atomic E-state index is 11.1. The molecule has 0 aromatic carbocycles. The van der Waals surface area contributed by atoms with Gasteiger partial charge < -0.3 is 79.2 Å². The van der Waals surface area contributed by atoms with E-state index in [1.54, 1.807) is 0 Å². The molecule has 0 aliphatic rings. The fourth-order valence-electron chi connectivity index (χ4n) is 4.39. The van der Waals surface area contributed by atoms with Gasteiger partial charge in [-0.3, -0.25) is 19.2 Å². The smallest absolute Gasteiger partial charge is 0.549 e. The second-order valence-corrected chi connectivity index (χ2v) is 10.4. The first kappa shape index (κ1) is 61.9. The van der Waals surface area contributed by atoms with Crippen molar-refractivity contribution in [3.8, 4) is 0 Å². The molecule has 0 saturated carbocycles. The largest absolute Gasteiger partial charge is 4.00 e. The van der Waals surface area contributed by atoms with Crippen LogP contribution in [0.4, 0.5) is 0 Å². The van der Waals surface area contributed by atoms with E-state index in [1.165, 1.54) is 55.4 Å². The summed E-state index contributed by atoms with van der Waals surface area (Å²) in [6.07, 6.45) is -2.11. The Morgan fingerprint density at radius 2 is 0.370 bits per heavy atom. The molecule has 54 heavy (non-hydrogen) atoms. The summed E-state index contributed by atoms with van der Waals surface area (Å²) >= 11 is 0. The topological polar surface area (TPSA) is 389 Å². The first-order chi connectivity index (χ1) is 23.7. The summed E-state index contributed by atoms with van der Waals surface area (Å²) < 4.78 is 0. The molecular weight excluding hydrogens is 800 g/mol. The predicted octanol–water partition coefficient (Wildman–Crippen LogP) is -8.56. The predicted molar refractivity (Wildman–Crippen MR) is 152 cm³/mol. The van der Waals surface area contributed by atoms with Crippen LogP contribution < -0.4 is 40.9 Å². The molecule has 0 aliphatic carbocycles. The van der Waals surface area contributed by atoms with Gasteiger partial charge in [0.05, 0.1) is 47.8 Å². The minimum Gasteiger partial charge on any atom is -0.549 e. The SMILES string of the molecule is CCC(=O)C(CC)(C(=O)[O-])C(=O)[O-].CCC(=O)C(CC)(C(=O)[O-])C(=O)[O-].CCC(=O)C(CC)(C(=O)[O-])C(=O)[O-].CCC(=O)C(CC)(C(=O)[O-])C(=O)[O-].[Ti+4].[Ti+4]. The van der Waals surface area contributed by atoms with E-state index in [9.17, 15) is 98.4 Å². The molecule has 296 valence electrons. The minimum absolute atomic E-state index is 0. The van der Waals surface area contributed by atoms with Crippen LogP contribution in [0.5, 0.6) is 0 Å². The van der Waals surface area contributed by atoms with Crippen molar-refractivity contribution in [3.63, 3.8) is 0 Å². The maximum Gasteiger partial charge on any atom is 4.00 e. The zero-order chi connectivity index (χ0) is 42.6. The Morgan fingerprint density at radius 3 is 0.389 bits per heavy atom. The molecule has 0 heterocycles. The van der Waals surface area contributed by atoms with E-state index in [0.29, 0.717) is 0 Å². The van der Waals surface area contributed by atoms with E-state index < -0.39 is 92.5 Å². The van der Waals surface area contributed by atoms with E-state index in [-0.39, 0.29) is 94.8 Å². The number of Topliss-reactive ketones (excluding diaryl/α,β-unsaturated/α-hetero) is 4. The van der Waals surface area contributed by atoms with Crippen LogP contribution in [0.2, 0.25) is 0 Å². The van der Waals surface area contributed by atoms with Gasteiger partial charge in [0.1, 0.15) is 44.8 Å². The number of carboxylic acids is 8. The van der Waals surface area contributed by atoms with Gasteiger partial charge in [0, 0.05) is 25.7 Å². The average Bonchev–Trinajstić information content (AvgIpc) is 3.05. The number of carboxylic acid groups (broad SMARTS) is 8. The first-order valence-electron chi connectivity index (χ1n) is 15.6. The molecule has 0 atom stereocenters. The Morgan fingerprint density at radius 1 is 0.278 bits per heavy atom. The van der Waals surface area contributed by atoms with Crippen LogP contribution in [0.3, 0.4) is 0 Å². The monoisotopic (exact) mass is 840 g/mol. The molecule has 0 spiro atoms. The van der Waals surface area contributed by atoms with Crippen molar-refractivity contribution in [1.29, 1.82) is 0 Å². The molecule has 0 unspecified atom stereocenters. The average molecular weight is 840 g/mol. The van der Waals surface area contributed by atoms with Crippen molar-refractivity contribution in [1.82, 2.24) is 0 Å². The molecule has 0 aromatic rings. The van der Waals surface area contributed by atoms with Gasteiger partial charge in [-0.25, -0.2) is 0 Å². The molecular formula is C32H40O20Ti2. The number of aliphatic carboxylic acids is 8. The minimum atomic E-state index is -2.48. The van der Waals surface area contributed by atoms with Gasteiger partial charge in [-0.05, 0) is 25.7 Å². The van der Waals surface area contributed by atoms with Gasteiger partial charge in [0.2, 0.25) is 0 Å². The van der Waals surface area contributed by atoms with Crippen LogP contribution in [0.1, 0.15) is 107 Å². The van der Waals surface area contributed by atoms with Crippen LogP contribution in [0.25, 0.3) is 0 Å². The maximum absolute atomic E-state index is 11.1. The van der Waals surface area contributed by atoms with E-state index in [2.05, 4.69) is 0 Å². The van der Waals surface area contributed by atoms with Crippen LogP contribution in [0.15, 0.2) is 0 Å². The number of rotatable bonds is 20. The van der Waals surface area contributed by atoms with Gasteiger partial charge in [-0.1, -0.05) is 55.4 Å². The molecule has 0 aliphatic heterocycles. The van der Waals surface area contributed by atoms with Crippen LogP contribution in [-0.4, -0.2) is 70.9 Å². The summed E-state index contributed by atoms with van der Waals surface area (Å²) in [7, 11) is 0. The Labute approximate surface area is 339 Å². The number of hydrogen-bond acceptors (Lipinski definition) is 20. The summed E-state index contributed by atoms with van der Waals surface area (Å²) in [5.41, 5.74) is -9.91.